The van der Waals surface area contributed by atoms with Crippen molar-refractivity contribution < 1.29 is 13.9 Å². The van der Waals surface area contributed by atoms with Crippen LogP contribution in [0.5, 0.6) is 0 Å². The summed E-state index contributed by atoms with van der Waals surface area (Å²) in [5.74, 6) is 0.762. The van der Waals surface area contributed by atoms with E-state index in [9.17, 15) is 9.18 Å². The fourth-order valence-corrected chi connectivity index (χ4v) is 4.00. The molecule has 5 heteroatoms. The van der Waals surface area contributed by atoms with Crippen LogP contribution in [-0.2, 0) is 16.1 Å². The van der Waals surface area contributed by atoms with E-state index in [0.717, 1.165) is 18.4 Å². The quantitative estimate of drug-likeness (QED) is 0.846. The maximum atomic E-state index is 12.9. The van der Waals surface area contributed by atoms with Crippen molar-refractivity contribution in [3.63, 3.8) is 0 Å². The van der Waals surface area contributed by atoms with E-state index in [0.29, 0.717) is 25.0 Å². The highest BCUT2D eigenvalue weighted by Crippen LogP contribution is 2.49. The first-order valence-electron chi connectivity index (χ1n) is 7.83. The van der Waals surface area contributed by atoms with Gasteiger partial charge in [-0.3, -0.25) is 4.79 Å². The van der Waals surface area contributed by atoms with Gasteiger partial charge in [-0.15, -0.1) is 0 Å². The van der Waals surface area contributed by atoms with Crippen molar-refractivity contribution >= 4 is 19.5 Å². The van der Waals surface area contributed by atoms with Crippen molar-refractivity contribution in [3.8, 4) is 0 Å². The average Bonchev–Trinajstić information content (AvgIpc) is 3.07. The van der Waals surface area contributed by atoms with Gasteiger partial charge in [0.15, 0.2) is 0 Å². The Hall–Kier alpha value is -1.07. The molecule has 2 bridgehead atoms. The van der Waals surface area contributed by atoms with Gasteiger partial charge in [-0.05, 0) is 55.7 Å². The molecule has 0 saturated heterocycles. The molecular weight excluding hydrogens is 301 g/mol. The van der Waals surface area contributed by atoms with Gasteiger partial charge in [-0.2, -0.15) is 13.5 Å². The first-order chi connectivity index (χ1) is 10.2. The van der Waals surface area contributed by atoms with E-state index in [-0.39, 0.29) is 37.2 Å². The van der Waals surface area contributed by atoms with E-state index in [1.165, 1.54) is 18.6 Å². The summed E-state index contributed by atoms with van der Waals surface area (Å²) in [4.78, 5) is 12.2. The minimum Gasteiger partial charge on any atom is -0.466 e. The van der Waals surface area contributed by atoms with Crippen molar-refractivity contribution in [2.24, 2.45) is 17.8 Å². The van der Waals surface area contributed by atoms with E-state index in [2.05, 4.69) is 5.32 Å². The Morgan fingerprint density at radius 2 is 1.95 bits per heavy atom. The molecule has 4 atom stereocenters. The Labute approximate surface area is 138 Å². The molecule has 122 valence electrons. The number of hydrogen-bond acceptors (Lipinski definition) is 3. The first-order valence-corrected chi connectivity index (χ1v) is 7.83. The molecule has 1 aromatic carbocycles. The summed E-state index contributed by atoms with van der Waals surface area (Å²) in [7, 11) is 0. The van der Waals surface area contributed by atoms with Crippen LogP contribution >= 0.6 is 13.5 Å². The fraction of sp³-hybridized carbons (Fsp3) is 0.588. The van der Waals surface area contributed by atoms with Crippen LogP contribution in [0.4, 0.5) is 4.39 Å². The number of fused-ring (bicyclic) bond motifs is 2. The number of carbonyl (C=O) groups excluding carboxylic acids is 1. The molecule has 3 nitrogen and oxygen atoms in total. The largest absolute Gasteiger partial charge is 0.466 e. The highest BCUT2D eigenvalue weighted by Gasteiger charge is 2.51. The third-order valence-electron chi connectivity index (χ3n) is 4.93. The van der Waals surface area contributed by atoms with Gasteiger partial charge in [-0.25, -0.2) is 4.39 Å². The molecule has 0 unspecified atom stereocenters. The monoisotopic (exact) mass is 325 g/mol. The Bertz CT molecular complexity index is 508. The van der Waals surface area contributed by atoms with Gasteiger partial charge in [0.2, 0.25) is 0 Å². The van der Waals surface area contributed by atoms with Gasteiger partial charge >= 0.3 is 5.97 Å². The molecule has 0 amide bonds. The first kappa shape index (κ1) is 17.3. The summed E-state index contributed by atoms with van der Waals surface area (Å²) in [5.41, 5.74) is 1.04. The summed E-state index contributed by atoms with van der Waals surface area (Å²) in [6.45, 7) is 2.97. The van der Waals surface area contributed by atoms with Crippen molar-refractivity contribution in [2.45, 2.75) is 38.8 Å². The standard InChI is InChI=1S/C17H22FNO2.H2S/c1-2-21-17(20)15-12-5-6-13(9-12)16(15)19-10-11-3-7-14(18)8-4-11;/h3-4,7-8,12-13,15-16,19H,2,5-6,9-10H2,1H3;1H2/t12-,13+,15+,16-;/m0./s1. The number of hydrogen-bond donors (Lipinski definition) is 1. The van der Waals surface area contributed by atoms with Gasteiger partial charge in [0.1, 0.15) is 5.82 Å². The zero-order valence-corrected chi connectivity index (χ0v) is 13.8. The minimum atomic E-state index is -0.219. The van der Waals surface area contributed by atoms with E-state index in [4.69, 9.17) is 4.74 Å². The summed E-state index contributed by atoms with van der Waals surface area (Å²) in [6, 6.07) is 6.72. The van der Waals surface area contributed by atoms with Crippen LogP contribution in [-0.4, -0.2) is 18.6 Å². The van der Waals surface area contributed by atoms with E-state index >= 15 is 0 Å². The van der Waals surface area contributed by atoms with Crippen LogP contribution in [0.2, 0.25) is 0 Å². The average molecular weight is 325 g/mol. The van der Waals surface area contributed by atoms with Gasteiger partial charge in [0.05, 0.1) is 12.5 Å². The molecular formula is C17H24FNO2S. The highest BCUT2D eigenvalue weighted by atomic mass is 32.1. The van der Waals surface area contributed by atoms with Gasteiger partial charge < -0.3 is 10.1 Å². The Balaban J connectivity index is 0.00000176. The maximum Gasteiger partial charge on any atom is 0.310 e. The summed E-state index contributed by atoms with van der Waals surface area (Å²) in [5, 5.41) is 3.51. The van der Waals surface area contributed by atoms with Crippen molar-refractivity contribution in [1.82, 2.24) is 5.32 Å². The van der Waals surface area contributed by atoms with Crippen molar-refractivity contribution in [2.75, 3.05) is 6.61 Å². The lowest BCUT2D eigenvalue weighted by Gasteiger charge is -2.30. The van der Waals surface area contributed by atoms with Crippen LogP contribution in [0, 0.1) is 23.6 Å². The van der Waals surface area contributed by atoms with Crippen LogP contribution in [0.1, 0.15) is 31.7 Å². The summed E-state index contributed by atoms with van der Waals surface area (Å²) in [6.07, 6.45) is 3.47. The lowest BCUT2D eigenvalue weighted by molar-refractivity contribution is -0.150. The number of carbonyl (C=O) groups is 1. The molecule has 22 heavy (non-hydrogen) atoms. The second kappa shape index (κ2) is 7.47. The maximum absolute atomic E-state index is 12.9. The van der Waals surface area contributed by atoms with Gasteiger partial charge in [0, 0.05) is 12.6 Å². The van der Waals surface area contributed by atoms with E-state index in [1.807, 2.05) is 6.92 Å². The second-order valence-corrected chi connectivity index (χ2v) is 6.14. The smallest absolute Gasteiger partial charge is 0.310 e. The molecule has 2 saturated carbocycles. The number of benzene rings is 1. The van der Waals surface area contributed by atoms with Crippen LogP contribution < -0.4 is 5.32 Å². The van der Waals surface area contributed by atoms with E-state index < -0.39 is 0 Å². The normalized spacial score (nSPS) is 29.2. The van der Waals surface area contributed by atoms with Crippen LogP contribution in [0.3, 0.4) is 0 Å². The third kappa shape index (κ3) is 3.46. The SMILES string of the molecule is CCOC(=O)[C@@H]1[C@H]2CC[C@H](C2)[C@@H]1NCc1ccc(F)cc1.S. The number of ether oxygens (including phenoxy) is 1. The fourth-order valence-electron chi connectivity index (χ4n) is 4.00. The zero-order valence-electron chi connectivity index (χ0n) is 12.8. The van der Waals surface area contributed by atoms with Gasteiger partial charge in [-0.1, -0.05) is 12.1 Å². The molecule has 0 radical (unpaired) electrons. The predicted molar refractivity (Wildman–Crippen MR) is 88.4 cm³/mol. The number of nitrogens with one attached hydrogen (secondary N) is 1. The number of halogens is 1. The van der Waals surface area contributed by atoms with Crippen LogP contribution in [0.25, 0.3) is 0 Å². The molecule has 0 aliphatic heterocycles. The molecule has 0 aromatic heterocycles. The minimum absolute atomic E-state index is 0. The lowest BCUT2D eigenvalue weighted by atomic mass is 9.84. The molecule has 1 N–H and O–H groups in total. The molecule has 3 rings (SSSR count). The molecule has 2 aliphatic carbocycles. The number of rotatable bonds is 5. The molecule has 2 fully saturated rings. The summed E-state index contributed by atoms with van der Waals surface area (Å²) < 4.78 is 18.2. The summed E-state index contributed by atoms with van der Waals surface area (Å²) >= 11 is 0. The lowest BCUT2D eigenvalue weighted by Crippen LogP contribution is -2.44. The third-order valence-corrected chi connectivity index (χ3v) is 4.93. The Morgan fingerprint density at radius 3 is 2.64 bits per heavy atom. The number of esters is 1. The van der Waals surface area contributed by atoms with Crippen molar-refractivity contribution in [3.05, 3.63) is 35.6 Å². The molecule has 0 spiro atoms. The second-order valence-electron chi connectivity index (χ2n) is 6.14. The molecule has 0 heterocycles. The van der Waals surface area contributed by atoms with Crippen molar-refractivity contribution in [1.29, 1.82) is 0 Å². The predicted octanol–water partition coefficient (Wildman–Crippen LogP) is 3.01. The molecule has 2 aliphatic rings. The van der Waals surface area contributed by atoms with Crippen LogP contribution in [0.15, 0.2) is 24.3 Å². The zero-order chi connectivity index (χ0) is 14.8. The Morgan fingerprint density at radius 1 is 1.27 bits per heavy atom. The topological polar surface area (TPSA) is 38.3 Å². The van der Waals surface area contributed by atoms with Gasteiger partial charge in [0.25, 0.3) is 0 Å². The Kier molecular flexibility index (Phi) is 5.87. The molecule has 1 aromatic rings. The highest BCUT2D eigenvalue weighted by molar-refractivity contribution is 7.59. The van der Waals surface area contributed by atoms with E-state index in [1.54, 1.807) is 12.1 Å².